The van der Waals surface area contributed by atoms with E-state index < -0.39 is 46.9 Å². The summed E-state index contributed by atoms with van der Waals surface area (Å²) in [4.78, 5) is 22.8. The Morgan fingerprint density at radius 1 is 0.952 bits per heavy atom. The largest absolute Gasteiger partial charge is 0.481 e. The molecule has 1 aromatic rings. The van der Waals surface area contributed by atoms with E-state index in [-0.39, 0.29) is 0 Å². The Bertz CT molecular complexity index is 569. The van der Waals surface area contributed by atoms with Gasteiger partial charge in [0.1, 0.15) is 5.82 Å². The average molecular weight is 301 g/mol. The molecule has 0 spiro atoms. The molecule has 1 aliphatic carbocycles. The number of carboxylic acids is 1. The molecule has 1 fully saturated rings. The molecule has 114 valence electrons. The number of benzene rings is 1. The zero-order valence-corrected chi connectivity index (χ0v) is 11.0. The molecule has 0 unspecified atom stereocenters. The van der Waals surface area contributed by atoms with Crippen molar-refractivity contribution in [3.05, 3.63) is 29.6 Å². The molecule has 0 aromatic heterocycles. The summed E-state index contributed by atoms with van der Waals surface area (Å²) < 4.78 is 39.2. The molecule has 7 heteroatoms. The first kappa shape index (κ1) is 15.3. The lowest BCUT2D eigenvalue weighted by Gasteiger charge is -2.25. The van der Waals surface area contributed by atoms with Crippen LogP contribution in [0.25, 0.3) is 0 Å². The average Bonchev–Trinajstić information content (AvgIpc) is 2.44. The lowest BCUT2D eigenvalue weighted by molar-refractivity contribution is -0.143. The van der Waals surface area contributed by atoms with Gasteiger partial charge in [-0.25, -0.2) is 13.2 Å². The molecule has 0 saturated heterocycles. The number of aliphatic carboxylic acids is 1. The molecule has 4 nitrogen and oxygen atoms in total. The van der Waals surface area contributed by atoms with Gasteiger partial charge in [0, 0.05) is 18.1 Å². The fourth-order valence-corrected chi connectivity index (χ4v) is 2.46. The Morgan fingerprint density at radius 3 is 2.05 bits per heavy atom. The Hall–Kier alpha value is -2.05. The molecule has 2 N–H and O–H groups in total. The first-order valence-corrected chi connectivity index (χ1v) is 6.56. The van der Waals surface area contributed by atoms with E-state index in [1.54, 1.807) is 0 Å². The SMILES string of the molecule is O=C(O)C1CCC(C(=O)Nc2cc(F)c(F)cc2F)CC1. The first-order chi connectivity index (χ1) is 9.88. The van der Waals surface area contributed by atoms with Gasteiger partial charge in [-0.2, -0.15) is 0 Å². The number of hydrogen-bond acceptors (Lipinski definition) is 2. The second-order valence-electron chi connectivity index (χ2n) is 5.12. The Balaban J connectivity index is 2.00. The molecular formula is C14H14F3NO3. The topological polar surface area (TPSA) is 66.4 Å². The molecule has 21 heavy (non-hydrogen) atoms. The van der Waals surface area contributed by atoms with E-state index >= 15 is 0 Å². The van der Waals surface area contributed by atoms with Gasteiger partial charge >= 0.3 is 5.97 Å². The summed E-state index contributed by atoms with van der Waals surface area (Å²) in [6.45, 7) is 0. The molecule has 1 amide bonds. The van der Waals surface area contributed by atoms with Crippen LogP contribution in [-0.2, 0) is 9.59 Å². The molecule has 0 aliphatic heterocycles. The Labute approximate surface area is 119 Å². The van der Waals surface area contributed by atoms with Crippen molar-refractivity contribution in [1.82, 2.24) is 0 Å². The summed E-state index contributed by atoms with van der Waals surface area (Å²) in [6.07, 6.45) is 1.48. The number of anilines is 1. The predicted octanol–water partition coefficient (Wildman–Crippen LogP) is 2.93. The van der Waals surface area contributed by atoms with E-state index in [1.165, 1.54) is 0 Å². The number of amides is 1. The number of carbonyl (C=O) groups excluding carboxylic acids is 1. The third kappa shape index (κ3) is 3.53. The monoisotopic (exact) mass is 301 g/mol. The molecule has 0 atom stereocenters. The minimum atomic E-state index is -1.33. The van der Waals surface area contributed by atoms with Crippen LogP contribution in [0.4, 0.5) is 18.9 Å². The Morgan fingerprint density at radius 2 is 1.48 bits per heavy atom. The van der Waals surface area contributed by atoms with Crippen LogP contribution in [-0.4, -0.2) is 17.0 Å². The van der Waals surface area contributed by atoms with Crippen LogP contribution in [0.2, 0.25) is 0 Å². The summed E-state index contributed by atoms with van der Waals surface area (Å²) in [5.41, 5.74) is -0.417. The van der Waals surface area contributed by atoms with Gasteiger partial charge in [-0.3, -0.25) is 9.59 Å². The van der Waals surface area contributed by atoms with Gasteiger partial charge in [0.15, 0.2) is 11.6 Å². The number of nitrogens with one attached hydrogen (secondary N) is 1. The standard InChI is InChI=1S/C14H14F3NO3/c15-9-5-11(17)12(6-10(9)16)18-13(19)7-1-3-8(4-2-7)14(20)21/h5-8H,1-4H2,(H,18,19)(H,20,21). The minimum absolute atomic E-state index is 0.367. The van der Waals surface area contributed by atoms with Gasteiger partial charge in [0.2, 0.25) is 5.91 Å². The fourth-order valence-electron chi connectivity index (χ4n) is 2.46. The maximum absolute atomic E-state index is 13.4. The summed E-state index contributed by atoms with van der Waals surface area (Å²) in [6, 6.07) is 0.956. The maximum atomic E-state index is 13.4. The van der Waals surface area contributed by atoms with Crippen molar-refractivity contribution >= 4 is 17.6 Å². The van der Waals surface area contributed by atoms with Crippen LogP contribution in [0, 0.1) is 29.3 Å². The van der Waals surface area contributed by atoms with Crippen molar-refractivity contribution in [2.45, 2.75) is 25.7 Å². The second kappa shape index (κ2) is 6.15. The van der Waals surface area contributed by atoms with Crippen LogP contribution in [0.3, 0.4) is 0 Å². The van der Waals surface area contributed by atoms with Crippen molar-refractivity contribution in [1.29, 1.82) is 0 Å². The number of rotatable bonds is 3. The van der Waals surface area contributed by atoms with Crippen LogP contribution < -0.4 is 5.32 Å². The highest BCUT2D eigenvalue weighted by atomic mass is 19.2. The number of carbonyl (C=O) groups is 2. The smallest absolute Gasteiger partial charge is 0.306 e. The highest BCUT2D eigenvalue weighted by Gasteiger charge is 2.30. The highest BCUT2D eigenvalue weighted by molar-refractivity contribution is 5.92. The molecule has 2 rings (SSSR count). The lowest BCUT2D eigenvalue weighted by Crippen LogP contribution is -2.29. The number of halogens is 3. The van der Waals surface area contributed by atoms with E-state index in [4.69, 9.17) is 5.11 Å². The van der Waals surface area contributed by atoms with E-state index in [0.29, 0.717) is 37.8 Å². The highest BCUT2D eigenvalue weighted by Crippen LogP contribution is 2.30. The van der Waals surface area contributed by atoms with Gasteiger partial charge in [-0.05, 0) is 25.7 Å². The molecule has 1 saturated carbocycles. The molecule has 0 radical (unpaired) electrons. The van der Waals surface area contributed by atoms with Gasteiger partial charge < -0.3 is 10.4 Å². The quantitative estimate of drug-likeness (QED) is 0.844. The van der Waals surface area contributed by atoms with E-state index in [1.807, 2.05) is 0 Å². The van der Waals surface area contributed by atoms with E-state index in [2.05, 4.69) is 5.32 Å². The van der Waals surface area contributed by atoms with Gasteiger partial charge in [-0.1, -0.05) is 0 Å². The van der Waals surface area contributed by atoms with Crippen LogP contribution in [0.15, 0.2) is 12.1 Å². The second-order valence-corrected chi connectivity index (χ2v) is 5.12. The van der Waals surface area contributed by atoms with Crippen molar-refractivity contribution in [3.8, 4) is 0 Å². The summed E-state index contributed by atoms with van der Waals surface area (Å²) >= 11 is 0. The summed E-state index contributed by atoms with van der Waals surface area (Å²) in [7, 11) is 0. The zero-order chi connectivity index (χ0) is 15.6. The maximum Gasteiger partial charge on any atom is 0.306 e. The molecule has 1 aliphatic rings. The molecular weight excluding hydrogens is 287 g/mol. The van der Waals surface area contributed by atoms with Crippen molar-refractivity contribution < 1.29 is 27.9 Å². The summed E-state index contributed by atoms with van der Waals surface area (Å²) in [5, 5.41) is 11.1. The number of hydrogen-bond donors (Lipinski definition) is 2. The van der Waals surface area contributed by atoms with Gasteiger partial charge in [0.25, 0.3) is 0 Å². The van der Waals surface area contributed by atoms with E-state index in [0.717, 1.165) is 0 Å². The van der Waals surface area contributed by atoms with Gasteiger partial charge in [0.05, 0.1) is 11.6 Å². The molecule has 1 aromatic carbocycles. The third-order valence-electron chi connectivity index (χ3n) is 3.72. The van der Waals surface area contributed by atoms with Crippen LogP contribution in [0.1, 0.15) is 25.7 Å². The van der Waals surface area contributed by atoms with Crippen molar-refractivity contribution in [2.75, 3.05) is 5.32 Å². The van der Waals surface area contributed by atoms with E-state index in [9.17, 15) is 22.8 Å². The zero-order valence-electron chi connectivity index (χ0n) is 11.0. The van der Waals surface area contributed by atoms with Crippen molar-refractivity contribution in [3.63, 3.8) is 0 Å². The lowest BCUT2D eigenvalue weighted by atomic mass is 9.81. The minimum Gasteiger partial charge on any atom is -0.481 e. The molecule has 0 heterocycles. The van der Waals surface area contributed by atoms with Crippen LogP contribution >= 0.6 is 0 Å². The van der Waals surface area contributed by atoms with Crippen LogP contribution in [0.5, 0.6) is 0 Å². The fraction of sp³-hybridized carbons (Fsp3) is 0.429. The predicted molar refractivity (Wildman–Crippen MR) is 68.0 cm³/mol. The van der Waals surface area contributed by atoms with Gasteiger partial charge in [-0.15, -0.1) is 0 Å². The summed E-state index contributed by atoms with van der Waals surface area (Å²) in [5.74, 6) is -5.94. The Kier molecular flexibility index (Phi) is 4.50. The first-order valence-electron chi connectivity index (χ1n) is 6.56. The van der Waals surface area contributed by atoms with Crippen molar-refractivity contribution in [2.24, 2.45) is 11.8 Å². The normalized spacial score (nSPS) is 21.9. The number of carboxylic acid groups (broad SMARTS) is 1. The third-order valence-corrected chi connectivity index (χ3v) is 3.72. The molecule has 0 bridgehead atoms.